The maximum Gasteiger partial charge on any atom is 0.366 e. The van der Waals surface area contributed by atoms with E-state index in [1.165, 1.54) is 0 Å². The van der Waals surface area contributed by atoms with Crippen molar-refractivity contribution >= 4 is 18.6 Å². The molecular weight excluding hydrogens is 271 g/mol. The van der Waals surface area contributed by atoms with Crippen LogP contribution < -0.4 is 5.43 Å². The normalized spacial score (nSPS) is 13.6. The van der Waals surface area contributed by atoms with Gasteiger partial charge in [-0.25, -0.2) is 0 Å². The van der Waals surface area contributed by atoms with E-state index in [4.69, 9.17) is 4.42 Å². The topological polar surface area (TPSA) is 86.0 Å². The van der Waals surface area contributed by atoms with E-state index in [0.29, 0.717) is 11.0 Å². The Labute approximate surface area is 109 Å². The van der Waals surface area contributed by atoms with Gasteiger partial charge >= 0.3 is 7.60 Å². The minimum Gasteiger partial charge on any atom is -0.457 e. The highest BCUT2D eigenvalue weighted by Gasteiger charge is 2.36. The van der Waals surface area contributed by atoms with Crippen LogP contribution in [0.4, 0.5) is 0 Å². The first-order valence-corrected chi connectivity index (χ1v) is 7.05. The lowest BCUT2D eigenvalue weighted by Gasteiger charge is -2.18. The molecular formula is C12H13O6P. The van der Waals surface area contributed by atoms with Crippen molar-refractivity contribution in [3.8, 4) is 0 Å². The third kappa shape index (κ3) is 2.48. The molecule has 0 radical (unpaired) electrons. The van der Waals surface area contributed by atoms with Crippen molar-refractivity contribution in [2.24, 2.45) is 0 Å². The molecule has 1 unspecified atom stereocenters. The van der Waals surface area contributed by atoms with Crippen LogP contribution >= 0.6 is 7.60 Å². The van der Waals surface area contributed by atoms with Gasteiger partial charge < -0.3 is 18.6 Å². The summed E-state index contributed by atoms with van der Waals surface area (Å²) >= 11 is 0. The third-order valence-corrected chi connectivity index (χ3v) is 4.59. The molecule has 0 aliphatic rings. The Kier molecular flexibility index (Phi) is 3.87. The number of fused-ring (bicyclic) bond motifs is 1. The number of hydrogen-bond acceptors (Lipinski definition) is 6. The van der Waals surface area contributed by atoms with Crippen molar-refractivity contribution in [3.63, 3.8) is 0 Å². The summed E-state index contributed by atoms with van der Waals surface area (Å²) in [7, 11) is -1.48. The average Bonchev–Trinajstić information content (AvgIpc) is 2.45. The lowest BCUT2D eigenvalue weighted by Crippen LogP contribution is -2.08. The number of aliphatic hydroxyl groups is 1. The fourth-order valence-electron chi connectivity index (χ4n) is 1.68. The number of rotatable bonds is 4. The molecule has 2 aromatic rings. The summed E-state index contributed by atoms with van der Waals surface area (Å²) in [5.74, 6) is -1.81. The third-order valence-electron chi connectivity index (χ3n) is 2.72. The van der Waals surface area contributed by atoms with Crippen molar-refractivity contribution in [2.45, 2.75) is 5.85 Å². The van der Waals surface area contributed by atoms with E-state index < -0.39 is 13.4 Å². The SMILES string of the molecule is COP(=O)(OC)C(O)c1cc(=O)c2ccccc2o1. The molecule has 0 aliphatic heterocycles. The van der Waals surface area contributed by atoms with Crippen LogP contribution in [0.5, 0.6) is 0 Å². The molecule has 0 aliphatic carbocycles. The van der Waals surface area contributed by atoms with Gasteiger partial charge in [0.25, 0.3) is 0 Å². The van der Waals surface area contributed by atoms with Crippen molar-refractivity contribution in [2.75, 3.05) is 14.2 Å². The number of para-hydroxylation sites is 1. The van der Waals surface area contributed by atoms with E-state index in [1.54, 1.807) is 24.3 Å². The van der Waals surface area contributed by atoms with E-state index in [9.17, 15) is 14.5 Å². The molecule has 7 heteroatoms. The first kappa shape index (κ1) is 14.0. The number of benzene rings is 1. The van der Waals surface area contributed by atoms with Gasteiger partial charge in [0, 0.05) is 20.3 Å². The molecule has 1 atom stereocenters. The van der Waals surface area contributed by atoms with Crippen molar-refractivity contribution in [1.82, 2.24) is 0 Å². The molecule has 0 spiro atoms. The molecule has 1 N–H and O–H groups in total. The van der Waals surface area contributed by atoms with Gasteiger partial charge in [-0.05, 0) is 12.1 Å². The Bertz CT molecular complexity index is 684. The Morgan fingerprint density at radius 2 is 1.89 bits per heavy atom. The quantitative estimate of drug-likeness (QED) is 0.867. The molecule has 0 saturated heterocycles. The van der Waals surface area contributed by atoms with E-state index in [0.717, 1.165) is 20.3 Å². The highest BCUT2D eigenvalue weighted by atomic mass is 31.2. The second-order valence-electron chi connectivity index (χ2n) is 3.79. The van der Waals surface area contributed by atoms with E-state index in [1.807, 2.05) is 0 Å². The summed E-state index contributed by atoms with van der Waals surface area (Å²) in [5.41, 5.74) is -0.0440. The zero-order valence-electron chi connectivity index (χ0n) is 10.4. The average molecular weight is 284 g/mol. The van der Waals surface area contributed by atoms with E-state index in [-0.39, 0.29) is 11.2 Å². The van der Waals surface area contributed by atoms with Gasteiger partial charge in [0.1, 0.15) is 11.3 Å². The minimum atomic E-state index is -3.77. The van der Waals surface area contributed by atoms with Gasteiger partial charge in [0.2, 0.25) is 5.85 Å². The number of aliphatic hydroxyl groups excluding tert-OH is 1. The molecule has 6 nitrogen and oxygen atoms in total. The largest absolute Gasteiger partial charge is 0.457 e. The summed E-state index contributed by atoms with van der Waals surface area (Å²) in [6.45, 7) is 0. The molecule has 1 aromatic carbocycles. The Hall–Kier alpha value is -1.46. The summed E-state index contributed by atoms with van der Waals surface area (Å²) in [4.78, 5) is 11.9. The predicted octanol–water partition coefficient (Wildman–Crippen LogP) is 2.27. The van der Waals surface area contributed by atoms with Crippen LogP contribution in [0.3, 0.4) is 0 Å². The van der Waals surface area contributed by atoms with E-state index >= 15 is 0 Å². The van der Waals surface area contributed by atoms with Gasteiger partial charge in [0.05, 0.1) is 5.39 Å². The fraction of sp³-hybridized carbons (Fsp3) is 0.250. The minimum absolute atomic E-state index is 0.157. The molecule has 0 amide bonds. The van der Waals surface area contributed by atoms with Crippen molar-refractivity contribution in [3.05, 3.63) is 46.3 Å². The highest BCUT2D eigenvalue weighted by molar-refractivity contribution is 7.53. The summed E-state index contributed by atoms with van der Waals surface area (Å²) in [6.07, 6.45) is 0. The Morgan fingerprint density at radius 1 is 1.26 bits per heavy atom. The maximum absolute atomic E-state index is 12.0. The van der Waals surface area contributed by atoms with Gasteiger partial charge in [-0.2, -0.15) is 0 Å². The zero-order valence-corrected chi connectivity index (χ0v) is 11.3. The van der Waals surface area contributed by atoms with Crippen LogP contribution in [0.25, 0.3) is 11.0 Å². The molecule has 1 heterocycles. The first-order chi connectivity index (χ1) is 9.01. The van der Waals surface area contributed by atoms with Crippen LogP contribution in [-0.2, 0) is 13.6 Å². The lowest BCUT2D eigenvalue weighted by atomic mass is 10.2. The van der Waals surface area contributed by atoms with Gasteiger partial charge in [-0.1, -0.05) is 12.1 Å². The molecule has 0 fully saturated rings. The standard InChI is InChI=1S/C12H13O6P/c1-16-19(15,17-2)12(14)11-7-9(13)8-5-3-4-6-10(8)18-11/h3-7,12,14H,1-2H3. The Morgan fingerprint density at radius 3 is 2.53 bits per heavy atom. The second-order valence-corrected chi connectivity index (χ2v) is 6.09. The number of hydrogen-bond donors (Lipinski definition) is 1. The summed E-state index contributed by atoms with van der Waals surface area (Å²) in [6, 6.07) is 7.65. The molecule has 1 aromatic heterocycles. The molecule has 2 rings (SSSR count). The van der Waals surface area contributed by atoms with Crippen LogP contribution in [0, 0.1) is 0 Å². The molecule has 0 saturated carbocycles. The van der Waals surface area contributed by atoms with Crippen molar-refractivity contribution in [1.29, 1.82) is 0 Å². The smallest absolute Gasteiger partial charge is 0.366 e. The maximum atomic E-state index is 12.0. The van der Waals surface area contributed by atoms with Crippen LogP contribution in [-0.4, -0.2) is 19.3 Å². The monoisotopic (exact) mass is 284 g/mol. The van der Waals surface area contributed by atoms with E-state index in [2.05, 4.69) is 9.05 Å². The Balaban J connectivity index is 2.58. The predicted molar refractivity (Wildman–Crippen MR) is 69.1 cm³/mol. The summed E-state index contributed by atoms with van der Waals surface area (Å²) < 4.78 is 26.8. The van der Waals surface area contributed by atoms with Crippen LogP contribution in [0.1, 0.15) is 11.6 Å². The fourth-order valence-corrected chi connectivity index (χ4v) is 2.67. The highest BCUT2D eigenvalue weighted by Crippen LogP contribution is 2.58. The molecule has 102 valence electrons. The molecule has 0 bridgehead atoms. The van der Waals surface area contributed by atoms with Crippen LogP contribution in [0.15, 0.2) is 39.5 Å². The lowest BCUT2D eigenvalue weighted by molar-refractivity contribution is 0.159. The summed E-state index contributed by atoms with van der Waals surface area (Å²) in [5, 5.41) is 10.4. The van der Waals surface area contributed by atoms with Crippen LogP contribution in [0.2, 0.25) is 0 Å². The van der Waals surface area contributed by atoms with Gasteiger partial charge in [-0.15, -0.1) is 0 Å². The van der Waals surface area contributed by atoms with Gasteiger partial charge in [0.15, 0.2) is 5.43 Å². The first-order valence-electron chi connectivity index (χ1n) is 5.44. The van der Waals surface area contributed by atoms with Crippen molar-refractivity contribution < 1.29 is 23.1 Å². The second kappa shape index (κ2) is 5.27. The zero-order chi connectivity index (χ0) is 14.0. The van der Waals surface area contributed by atoms with Gasteiger partial charge in [-0.3, -0.25) is 9.36 Å². The molecule has 19 heavy (non-hydrogen) atoms.